The molecular weight excluding hydrogens is 576 g/mol. The fraction of sp³-hybridized carbons (Fsp3) is 0.750. The number of alkyl halides is 1. The number of halogens is 1. The lowest BCUT2D eigenvalue weighted by Gasteiger charge is -2.64. The number of rotatable bonds is 5. The Morgan fingerprint density at radius 1 is 1.10 bits per heavy atom. The first kappa shape index (κ1) is 31.3. The molecule has 7 nitrogen and oxygen atoms in total. The van der Waals surface area contributed by atoms with Gasteiger partial charge in [-0.2, -0.15) is 0 Å². The summed E-state index contributed by atoms with van der Waals surface area (Å²) < 4.78 is 5.24. The van der Waals surface area contributed by atoms with Gasteiger partial charge in [0.05, 0.1) is 10.9 Å². The Labute approximate surface area is 246 Å². The van der Waals surface area contributed by atoms with Crippen LogP contribution in [0.2, 0.25) is 0 Å². The van der Waals surface area contributed by atoms with Crippen molar-refractivity contribution in [1.82, 2.24) is 0 Å². The van der Waals surface area contributed by atoms with Crippen molar-refractivity contribution >= 4 is 39.2 Å². The molecule has 9 atom stereocenters. The van der Waals surface area contributed by atoms with E-state index in [4.69, 9.17) is 4.74 Å². The molecule has 3 saturated carbocycles. The molecule has 0 aromatic carbocycles. The second-order valence-electron chi connectivity index (χ2n) is 14.7. The zero-order valence-electron chi connectivity index (χ0n) is 25.3. The third-order valence-corrected chi connectivity index (χ3v) is 12.3. The van der Waals surface area contributed by atoms with Crippen molar-refractivity contribution in [3.8, 4) is 0 Å². The van der Waals surface area contributed by atoms with Gasteiger partial charge in [-0.05, 0) is 88.7 Å². The quantitative estimate of drug-likeness (QED) is 0.194. The van der Waals surface area contributed by atoms with Crippen molar-refractivity contribution in [3.63, 3.8) is 0 Å². The van der Waals surface area contributed by atoms with Gasteiger partial charge in [0, 0.05) is 30.1 Å². The van der Waals surface area contributed by atoms with Gasteiger partial charge in [-0.15, -0.1) is 0 Å². The van der Waals surface area contributed by atoms with Crippen LogP contribution >= 0.6 is 15.9 Å². The molecule has 40 heavy (non-hydrogen) atoms. The Morgan fingerprint density at radius 3 is 2.27 bits per heavy atom. The van der Waals surface area contributed by atoms with E-state index >= 15 is 0 Å². The van der Waals surface area contributed by atoms with E-state index in [9.17, 15) is 29.4 Å². The van der Waals surface area contributed by atoms with Gasteiger partial charge in [0.15, 0.2) is 11.6 Å². The first-order chi connectivity index (χ1) is 18.1. The number of carbonyl (C=O) groups is 4. The van der Waals surface area contributed by atoms with Gasteiger partial charge in [0.1, 0.15) is 17.0 Å². The number of fused-ring (bicyclic) bond motifs is 5. The molecule has 0 spiro atoms. The van der Waals surface area contributed by atoms with E-state index < -0.39 is 56.6 Å². The molecule has 0 unspecified atom stereocenters. The summed E-state index contributed by atoms with van der Waals surface area (Å²) >= 11 is 3.60. The van der Waals surface area contributed by atoms with Crippen LogP contribution in [0, 0.1) is 39.4 Å². The van der Waals surface area contributed by atoms with Crippen LogP contribution < -0.4 is 0 Å². The minimum atomic E-state index is -1.96. The van der Waals surface area contributed by atoms with Crippen LogP contribution in [-0.4, -0.2) is 55.7 Å². The molecule has 3 fully saturated rings. The molecule has 0 saturated heterocycles. The van der Waals surface area contributed by atoms with Crippen molar-refractivity contribution in [2.75, 3.05) is 0 Å². The second kappa shape index (κ2) is 9.43. The Balaban J connectivity index is 1.75. The molecule has 4 aliphatic rings. The van der Waals surface area contributed by atoms with Crippen LogP contribution in [0.4, 0.5) is 0 Å². The highest BCUT2D eigenvalue weighted by Gasteiger charge is 2.74. The smallest absolute Gasteiger partial charge is 0.303 e. The molecule has 2 N–H and O–H groups in total. The van der Waals surface area contributed by atoms with E-state index in [1.165, 1.54) is 26.0 Å². The summed E-state index contributed by atoms with van der Waals surface area (Å²) in [4.78, 5) is 52.0. The van der Waals surface area contributed by atoms with Gasteiger partial charge in [-0.25, -0.2) is 0 Å². The Hall–Kier alpha value is -1.64. The Kier molecular flexibility index (Phi) is 7.38. The van der Waals surface area contributed by atoms with Crippen molar-refractivity contribution in [1.29, 1.82) is 0 Å². The van der Waals surface area contributed by atoms with Crippen molar-refractivity contribution in [2.45, 2.75) is 110 Å². The van der Waals surface area contributed by atoms with Crippen molar-refractivity contribution in [3.05, 3.63) is 23.8 Å². The SMILES string of the molecule is CC(=O)OC(C)(C)/C=C/C(=O)[C@](C)(O)[C@H]1[C@H](O)C[C@@]2(C)[C@@H]3CC=C4[C@@H](C[C@H](Br)C(=O)C4(C)C)[C@]3(C)C(=O)C[C@]12C. The summed E-state index contributed by atoms with van der Waals surface area (Å²) in [6.45, 7) is 16.0. The van der Waals surface area contributed by atoms with Crippen LogP contribution in [0.3, 0.4) is 0 Å². The standard InChI is InChI=1S/C32H45BrO7/c1-17(34)40-27(2,3)13-12-23(36)32(9,39)25-21(35)15-29(6)22-11-10-18-19(14-20(33)26(38)28(18,4)5)31(22,8)24(37)16-30(25,29)7/h10,12-13,19-22,25,35,39H,11,14-16H2,1-9H3/b13-12+/t19-,20+,21-,22+,25+,29+,30-,31+,32+/m1/s1. The molecule has 0 heterocycles. The van der Waals surface area contributed by atoms with Gasteiger partial charge >= 0.3 is 5.97 Å². The van der Waals surface area contributed by atoms with Gasteiger partial charge in [0.25, 0.3) is 0 Å². The number of hydrogen-bond acceptors (Lipinski definition) is 7. The number of ether oxygens (including phenoxy) is 1. The van der Waals surface area contributed by atoms with Gasteiger partial charge in [-0.1, -0.05) is 48.4 Å². The highest BCUT2D eigenvalue weighted by Crippen LogP contribution is 2.74. The number of ketones is 3. The predicted molar refractivity (Wildman–Crippen MR) is 154 cm³/mol. The Bertz CT molecular complexity index is 1210. The van der Waals surface area contributed by atoms with Crippen LogP contribution in [0.1, 0.15) is 88.0 Å². The van der Waals surface area contributed by atoms with Crippen LogP contribution in [0.5, 0.6) is 0 Å². The first-order valence-electron chi connectivity index (χ1n) is 14.3. The van der Waals surface area contributed by atoms with Crippen molar-refractivity contribution in [2.24, 2.45) is 39.4 Å². The average molecular weight is 622 g/mol. The normalized spacial score (nSPS) is 42.4. The molecule has 4 aliphatic carbocycles. The average Bonchev–Trinajstić information content (AvgIpc) is 3.01. The van der Waals surface area contributed by atoms with E-state index in [1.54, 1.807) is 13.8 Å². The zero-order valence-corrected chi connectivity index (χ0v) is 26.8. The van der Waals surface area contributed by atoms with E-state index in [1.807, 2.05) is 27.7 Å². The molecule has 0 bridgehead atoms. The maximum absolute atomic E-state index is 14.4. The number of aliphatic hydroxyl groups excluding tert-OH is 1. The fourth-order valence-electron chi connectivity index (χ4n) is 9.36. The molecule has 0 aliphatic heterocycles. The molecule has 222 valence electrons. The number of Topliss-reactive ketones (excluding diaryl/α,β-unsaturated/α-hetero) is 2. The lowest BCUT2D eigenvalue weighted by atomic mass is 9.38. The van der Waals surface area contributed by atoms with Gasteiger partial charge < -0.3 is 14.9 Å². The minimum Gasteiger partial charge on any atom is -0.456 e. The maximum atomic E-state index is 14.4. The van der Waals surface area contributed by atoms with E-state index in [0.717, 1.165) is 5.57 Å². The summed E-state index contributed by atoms with van der Waals surface area (Å²) in [5, 5.41) is 23.3. The lowest BCUT2D eigenvalue weighted by molar-refractivity contribution is -0.181. The van der Waals surface area contributed by atoms with E-state index in [-0.39, 0.29) is 34.7 Å². The molecule has 0 aromatic rings. The van der Waals surface area contributed by atoms with Crippen molar-refractivity contribution < 1.29 is 34.1 Å². The fourth-order valence-corrected chi connectivity index (χ4v) is 10.3. The first-order valence-corrected chi connectivity index (χ1v) is 15.2. The largest absolute Gasteiger partial charge is 0.456 e. The monoisotopic (exact) mass is 620 g/mol. The Morgan fingerprint density at radius 2 is 1.70 bits per heavy atom. The number of aliphatic hydroxyl groups is 2. The molecule has 8 heteroatoms. The highest BCUT2D eigenvalue weighted by molar-refractivity contribution is 9.10. The van der Waals surface area contributed by atoms with Gasteiger partial charge in [-0.3, -0.25) is 19.2 Å². The third-order valence-electron chi connectivity index (χ3n) is 11.5. The molecule has 4 rings (SSSR count). The van der Waals surface area contributed by atoms with Gasteiger partial charge in [0.2, 0.25) is 0 Å². The summed E-state index contributed by atoms with van der Waals surface area (Å²) in [7, 11) is 0. The van der Waals surface area contributed by atoms with Crippen LogP contribution in [-0.2, 0) is 23.9 Å². The summed E-state index contributed by atoms with van der Waals surface area (Å²) in [5.41, 5.74) is -4.80. The van der Waals surface area contributed by atoms with Crippen LogP contribution in [0.15, 0.2) is 23.8 Å². The molecule has 0 radical (unpaired) electrons. The van der Waals surface area contributed by atoms with Crippen LogP contribution in [0.25, 0.3) is 0 Å². The van der Waals surface area contributed by atoms with E-state index in [2.05, 4.69) is 28.9 Å². The lowest BCUT2D eigenvalue weighted by Crippen LogP contribution is -2.65. The third kappa shape index (κ3) is 4.26. The second-order valence-corrected chi connectivity index (χ2v) is 15.8. The number of carbonyl (C=O) groups excluding carboxylic acids is 4. The predicted octanol–water partition coefficient (Wildman–Crippen LogP) is 4.90. The number of allylic oxidation sites excluding steroid dienone is 2. The highest BCUT2D eigenvalue weighted by atomic mass is 79.9. The number of hydrogen-bond donors (Lipinski definition) is 2. The summed E-state index contributed by atoms with van der Waals surface area (Å²) in [6, 6.07) is 0. The maximum Gasteiger partial charge on any atom is 0.303 e. The molecule has 0 aromatic heterocycles. The van der Waals surface area contributed by atoms with E-state index in [0.29, 0.717) is 19.3 Å². The zero-order chi connectivity index (χ0) is 30.4. The minimum absolute atomic E-state index is 0.0619. The topological polar surface area (TPSA) is 118 Å². The molecule has 0 amide bonds. The molecular formula is C32H45BrO7. The summed E-state index contributed by atoms with van der Waals surface area (Å²) in [5.74, 6) is -2.03. The summed E-state index contributed by atoms with van der Waals surface area (Å²) in [6.07, 6.45) is 5.42. The number of esters is 1.